The molecule has 2 aromatic rings. The van der Waals surface area contributed by atoms with Gasteiger partial charge in [-0.3, -0.25) is 9.48 Å². The molecule has 1 N–H and O–H groups in total. The number of carbonyl (C=O) groups is 1. The van der Waals surface area contributed by atoms with Crippen LogP contribution in [-0.2, 0) is 19.4 Å². The minimum absolute atomic E-state index is 0.393. The highest BCUT2D eigenvalue weighted by Crippen LogP contribution is 2.37. The fourth-order valence-electron chi connectivity index (χ4n) is 1.83. The van der Waals surface area contributed by atoms with Crippen molar-refractivity contribution in [2.24, 2.45) is 7.05 Å². The summed E-state index contributed by atoms with van der Waals surface area (Å²) in [4.78, 5) is 12.0. The van der Waals surface area contributed by atoms with E-state index < -0.39 is 45.9 Å². The number of benzene rings is 1. The molecule has 1 aromatic carbocycles. The Morgan fingerprint density at radius 3 is 2.29 bits per heavy atom. The van der Waals surface area contributed by atoms with E-state index in [-0.39, 0.29) is 0 Å². The van der Waals surface area contributed by atoms with E-state index in [2.05, 4.69) is 5.10 Å². The van der Waals surface area contributed by atoms with Gasteiger partial charge in [0.25, 0.3) is 5.91 Å². The van der Waals surface area contributed by atoms with E-state index in [9.17, 15) is 31.1 Å². The topological polar surface area (TPSA) is 46.9 Å². The van der Waals surface area contributed by atoms with Crippen LogP contribution in [-0.4, -0.2) is 15.7 Å². The predicted molar refractivity (Wildman–Crippen MR) is 72.6 cm³/mol. The van der Waals surface area contributed by atoms with Crippen LogP contribution in [0.1, 0.15) is 21.6 Å². The van der Waals surface area contributed by atoms with Gasteiger partial charge in [0.1, 0.15) is 5.02 Å². The molecule has 0 fully saturated rings. The van der Waals surface area contributed by atoms with Gasteiger partial charge in [-0.1, -0.05) is 17.7 Å². The monoisotopic (exact) mass is 371 g/mol. The largest absolute Gasteiger partial charge is 0.436 e. The Kier molecular flexibility index (Phi) is 4.53. The highest BCUT2D eigenvalue weighted by Gasteiger charge is 2.39. The second-order valence-corrected chi connectivity index (χ2v) is 5.04. The summed E-state index contributed by atoms with van der Waals surface area (Å²) in [5, 5.41) is 4.32. The lowest BCUT2D eigenvalue weighted by atomic mass is 10.1. The second kappa shape index (κ2) is 6.00. The molecule has 0 radical (unpaired) electrons. The fraction of sp³-hybridized carbons (Fsp3) is 0.231. The van der Waals surface area contributed by atoms with Gasteiger partial charge in [0.15, 0.2) is 11.5 Å². The van der Waals surface area contributed by atoms with Gasteiger partial charge < -0.3 is 5.32 Å². The van der Waals surface area contributed by atoms with Crippen LogP contribution < -0.4 is 5.32 Å². The number of nitrogens with zero attached hydrogens (tertiary/aromatic N) is 2. The van der Waals surface area contributed by atoms with Crippen LogP contribution in [0.5, 0.6) is 0 Å². The molecular formula is C13H8ClF6N3O. The molecule has 11 heteroatoms. The number of amides is 1. The van der Waals surface area contributed by atoms with Gasteiger partial charge in [-0.15, -0.1) is 0 Å². The van der Waals surface area contributed by atoms with E-state index in [1.165, 1.54) is 0 Å². The lowest BCUT2D eigenvalue weighted by Gasteiger charge is -2.09. The molecule has 0 aliphatic carbocycles. The number of anilines is 1. The zero-order valence-electron chi connectivity index (χ0n) is 11.8. The van der Waals surface area contributed by atoms with E-state index in [0.29, 0.717) is 10.7 Å². The summed E-state index contributed by atoms with van der Waals surface area (Å²) in [6, 6.07) is 3.42. The summed E-state index contributed by atoms with van der Waals surface area (Å²) in [5.74, 6) is -1.54. The lowest BCUT2D eigenvalue weighted by Crippen LogP contribution is -2.16. The summed E-state index contributed by atoms with van der Waals surface area (Å²) in [7, 11) is 1.10. The first kappa shape index (κ1) is 18.1. The minimum Gasteiger partial charge on any atom is -0.306 e. The Labute approximate surface area is 136 Å². The number of nitrogens with one attached hydrogen (secondary N) is 1. The zero-order chi connectivity index (χ0) is 18.3. The van der Waals surface area contributed by atoms with E-state index in [1.807, 2.05) is 5.32 Å². The first-order chi connectivity index (χ1) is 10.9. The van der Waals surface area contributed by atoms with E-state index in [1.54, 1.807) is 0 Å². The van der Waals surface area contributed by atoms with Crippen LogP contribution >= 0.6 is 11.6 Å². The van der Waals surface area contributed by atoms with Crippen LogP contribution in [0.15, 0.2) is 24.3 Å². The van der Waals surface area contributed by atoms with Crippen molar-refractivity contribution in [3.05, 3.63) is 46.1 Å². The molecule has 0 aliphatic heterocycles. The van der Waals surface area contributed by atoms with Crippen molar-refractivity contribution in [2.45, 2.75) is 12.4 Å². The lowest BCUT2D eigenvalue weighted by molar-refractivity contribution is -0.141. The number of rotatable bonds is 2. The fourth-order valence-corrected chi connectivity index (χ4v) is 2.15. The molecule has 1 aromatic heterocycles. The number of hydrogen-bond acceptors (Lipinski definition) is 2. The Bertz CT molecular complexity index is 781. The summed E-state index contributed by atoms with van der Waals surface area (Å²) in [5.41, 5.74) is -2.87. The molecule has 0 unspecified atom stereocenters. The molecule has 2 rings (SSSR count). The Hall–Kier alpha value is -2.23. The minimum atomic E-state index is -4.84. The van der Waals surface area contributed by atoms with Gasteiger partial charge in [0, 0.05) is 12.6 Å². The van der Waals surface area contributed by atoms with Crippen molar-refractivity contribution in [1.82, 2.24) is 9.78 Å². The number of aromatic nitrogens is 2. The molecule has 130 valence electrons. The van der Waals surface area contributed by atoms with Crippen LogP contribution in [0.2, 0.25) is 5.02 Å². The van der Waals surface area contributed by atoms with Crippen LogP contribution in [0.25, 0.3) is 0 Å². The van der Waals surface area contributed by atoms with Gasteiger partial charge in [-0.25, -0.2) is 0 Å². The first-order valence-electron chi connectivity index (χ1n) is 6.19. The number of halogens is 7. The maximum absolute atomic E-state index is 12.7. The van der Waals surface area contributed by atoms with Crippen molar-refractivity contribution in [3.8, 4) is 0 Å². The van der Waals surface area contributed by atoms with Crippen molar-refractivity contribution in [1.29, 1.82) is 0 Å². The van der Waals surface area contributed by atoms with Gasteiger partial charge >= 0.3 is 12.4 Å². The summed E-state index contributed by atoms with van der Waals surface area (Å²) in [6.07, 6.45) is -9.50. The maximum atomic E-state index is 12.7. The van der Waals surface area contributed by atoms with E-state index >= 15 is 0 Å². The molecule has 0 saturated heterocycles. The molecule has 0 saturated carbocycles. The van der Waals surface area contributed by atoms with Crippen molar-refractivity contribution in [2.75, 3.05) is 5.32 Å². The number of carbonyl (C=O) groups excluding carboxylic acids is 1. The number of alkyl halides is 6. The molecular weight excluding hydrogens is 364 g/mol. The third-order valence-corrected chi connectivity index (χ3v) is 3.30. The Balaban J connectivity index is 2.33. The molecule has 0 spiro atoms. The highest BCUT2D eigenvalue weighted by molar-refractivity contribution is 6.34. The van der Waals surface area contributed by atoms with Gasteiger partial charge in [-0.05, 0) is 18.2 Å². The Morgan fingerprint density at radius 2 is 1.79 bits per heavy atom. The first-order valence-corrected chi connectivity index (χ1v) is 6.57. The maximum Gasteiger partial charge on any atom is 0.436 e. The molecule has 4 nitrogen and oxygen atoms in total. The average molecular weight is 372 g/mol. The zero-order valence-corrected chi connectivity index (χ0v) is 12.5. The van der Waals surface area contributed by atoms with E-state index in [0.717, 1.165) is 25.2 Å². The van der Waals surface area contributed by atoms with Crippen LogP contribution in [0.3, 0.4) is 0 Å². The molecule has 1 amide bonds. The average Bonchev–Trinajstić information content (AvgIpc) is 2.74. The smallest absolute Gasteiger partial charge is 0.306 e. The second-order valence-electron chi connectivity index (χ2n) is 4.67. The van der Waals surface area contributed by atoms with Crippen LogP contribution in [0, 0.1) is 0 Å². The van der Waals surface area contributed by atoms with Crippen molar-refractivity contribution >= 4 is 23.3 Å². The standard InChI is InChI=1S/C13H8ClF6N3O/c1-23-10(8(14)9(22-23)13(18,19)20)21-11(24)6-3-2-4-7(5-6)12(15,16)17/h2-5H,1H3,(H,21,24). The van der Waals surface area contributed by atoms with Gasteiger partial charge in [0.2, 0.25) is 0 Å². The Morgan fingerprint density at radius 1 is 1.17 bits per heavy atom. The SMILES string of the molecule is Cn1nc(C(F)(F)F)c(Cl)c1NC(=O)c1cccc(C(F)(F)F)c1. The van der Waals surface area contributed by atoms with Gasteiger partial charge in [-0.2, -0.15) is 31.4 Å². The quantitative estimate of drug-likeness (QED) is 0.797. The summed E-state index contributed by atoms with van der Waals surface area (Å²) >= 11 is 5.55. The number of hydrogen-bond donors (Lipinski definition) is 1. The van der Waals surface area contributed by atoms with Gasteiger partial charge in [0.05, 0.1) is 5.56 Å². The summed E-state index contributed by atoms with van der Waals surface area (Å²) in [6.45, 7) is 0. The molecule has 0 aliphatic rings. The normalized spacial score (nSPS) is 12.3. The molecule has 24 heavy (non-hydrogen) atoms. The highest BCUT2D eigenvalue weighted by atomic mass is 35.5. The third kappa shape index (κ3) is 3.64. The third-order valence-electron chi connectivity index (χ3n) is 2.94. The predicted octanol–water partition coefficient (Wildman–Crippen LogP) is 4.36. The number of aryl methyl sites for hydroxylation is 1. The van der Waals surface area contributed by atoms with E-state index in [4.69, 9.17) is 11.6 Å². The van der Waals surface area contributed by atoms with Crippen LogP contribution in [0.4, 0.5) is 32.2 Å². The molecule has 0 bridgehead atoms. The van der Waals surface area contributed by atoms with Crippen molar-refractivity contribution in [3.63, 3.8) is 0 Å². The molecule has 0 atom stereocenters. The van der Waals surface area contributed by atoms with Crippen molar-refractivity contribution < 1.29 is 31.1 Å². The molecule has 1 heterocycles. The summed E-state index contributed by atoms with van der Waals surface area (Å²) < 4.78 is 76.6.